The highest BCUT2D eigenvalue weighted by molar-refractivity contribution is 6.16. The Hall–Kier alpha value is -7.82. The minimum atomic E-state index is -0.713. The summed E-state index contributed by atoms with van der Waals surface area (Å²) in [7, 11) is 0. The molecule has 13 rings (SSSR count). The van der Waals surface area contributed by atoms with Crippen LogP contribution < -0.4 is 9.47 Å². The van der Waals surface area contributed by atoms with Gasteiger partial charge in [0.05, 0.1) is 16.4 Å². The topological polar surface area (TPSA) is 36.5 Å². The summed E-state index contributed by atoms with van der Waals surface area (Å²) in [6.07, 6.45) is 0. The van der Waals surface area contributed by atoms with Crippen LogP contribution in [0.2, 0.25) is 0 Å². The van der Waals surface area contributed by atoms with Crippen LogP contribution in [0, 0.1) is 0 Å². The SMILES string of the molecule is c1ccc(-n2c3ccccc3c3c(-c4ccc5c(c4)Oc4ccccc4C54c5ccccc5Oc5cc(-c6cccc7oc8ccccc8c67)ccc54)cccc32)cc1. The first-order chi connectivity index (χ1) is 29.3. The fourth-order valence-corrected chi connectivity index (χ4v) is 10.1. The van der Waals surface area contributed by atoms with Crippen LogP contribution in [0.4, 0.5) is 0 Å². The Kier molecular flexibility index (Phi) is 6.62. The summed E-state index contributed by atoms with van der Waals surface area (Å²) in [6, 6.07) is 71.0. The first kappa shape index (κ1) is 32.3. The van der Waals surface area contributed by atoms with Crippen LogP contribution in [0.5, 0.6) is 23.0 Å². The summed E-state index contributed by atoms with van der Waals surface area (Å²) in [5.41, 5.74) is 13.2. The van der Waals surface area contributed by atoms with Crippen molar-refractivity contribution in [1.29, 1.82) is 0 Å². The van der Waals surface area contributed by atoms with Crippen LogP contribution in [0.25, 0.3) is 71.7 Å². The molecule has 0 amide bonds. The van der Waals surface area contributed by atoms with Crippen LogP contribution in [-0.2, 0) is 5.41 Å². The molecule has 0 aliphatic carbocycles. The van der Waals surface area contributed by atoms with Gasteiger partial charge in [0.15, 0.2) is 0 Å². The number of para-hydroxylation sites is 5. The molecule has 0 saturated carbocycles. The molecule has 4 nitrogen and oxygen atoms in total. The van der Waals surface area contributed by atoms with Gasteiger partial charge < -0.3 is 18.5 Å². The zero-order valence-corrected chi connectivity index (χ0v) is 31.7. The zero-order chi connectivity index (χ0) is 38.7. The van der Waals surface area contributed by atoms with Crippen molar-refractivity contribution in [2.75, 3.05) is 0 Å². The molecule has 4 heterocycles. The van der Waals surface area contributed by atoms with E-state index in [0.29, 0.717) is 0 Å². The molecule has 9 aromatic carbocycles. The fraction of sp³-hybridized carbons (Fsp3) is 0.0182. The lowest BCUT2D eigenvalue weighted by atomic mass is 9.62. The monoisotopic (exact) mass is 755 g/mol. The third-order valence-corrected chi connectivity index (χ3v) is 12.5. The van der Waals surface area contributed by atoms with E-state index in [2.05, 4.69) is 187 Å². The van der Waals surface area contributed by atoms with Crippen LogP contribution in [-0.4, -0.2) is 4.57 Å². The van der Waals surface area contributed by atoms with Crippen LogP contribution in [0.1, 0.15) is 22.3 Å². The average molecular weight is 756 g/mol. The molecule has 4 heteroatoms. The Morgan fingerprint density at radius 1 is 0.356 bits per heavy atom. The molecule has 0 bridgehead atoms. The number of furan rings is 1. The molecule has 276 valence electrons. The van der Waals surface area contributed by atoms with Crippen molar-refractivity contribution < 1.29 is 13.9 Å². The second kappa shape index (κ2) is 12.1. The minimum absolute atomic E-state index is 0.713. The number of benzene rings is 9. The highest BCUT2D eigenvalue weighted by Gasteiger charge is 2.50. The maximum Gasteiger partial charge on any atom is 0.136 e. The lowest BCUT2D eigenvalue weighted by Crippen LogP contribution is -2.36. The van der Waals surface area contributed by atoms with Gasteiger partial charge in [-0.15, -0.1) is 0 Å². The van der Waals surface area contributed by atoms with E-state index < -0.39 is 5.41 Å². The van der Waals surface area contributed by atoms with E-state index in [1.54, 1.807) is 0 Å². The highest BCUT2D eigenvalue weighted by atomic mass is 16.5. The van der Waals surface area contributed by atoms with Gasteiger partial charge in [0.1, 0.15) is 34.2 Å². The van der Waals surface area contributed by atoms with E-state index in [9.17, 15) is 0 Å². The molecule has 2 aliphatic heterocycles. The van der Waals surface area contributed by atoms with Crippen molar-refractivity contribution >= 4 is 43.7 Å². The van der Waals surface area contributed by atoms with Gasteiger partial charge >= 0.3 is 0 Å². The molecule has 1 atom stereocenters. The second-order valence-electron chi connectivity index (χ2n) is 15.5. The van der Waals surface area contributed by atoms with Crippen LogP contribution >= 0.6 is 0 Å². The van der Waals surface area contributed by atoms with Crippen LogP contribution in [0.3, 0.4) is 0 Å². The van der Waals surface area contributed by atoms with Gasteiger partial charge in [-0.1, -0.05) is 140 Å². The quantitative estimate of drug-likeness (QED) is 0.180. The van der Waals surface area contributed by atoms with E-state index in [1.807, 2.05) is 18.2 Å². The van der Waals surface area contributed by atoms with Gasteiger partial charge in [0, 0.05) is 49.5 Å². The largest absolute Gasteiger partial charge is 0.457 e. The van der Waals surface area contributed by atoms with Crippen molar-refractivity contribution in [2.45, 2.75) is 5.41 Å². The van der Waals surface area contributed by atoms with Gasteiger partial charge in [-0.05, 0) is 82.9 Å². The first-order valence-electron chi connectivity index (χ1n) is 20.1. The predicted octanol–water partition coefficient (Wildman–Crippen LogP) is 14.6. The van der Waals surface area contributed by atoms with Crippen LogP contribution in [0.15, 0.2) is 205 Å². The maximum atomic E-state index is 6.99. The van der Waals surface area contributed by atoms with Crippen molar-refractivity contribution in [3.63, 3.8) is 0 Å². The number of nitrogens with zero attached hydrogens (tertiary/aromatic N) is 1. The van der Waals surface area contributed by atoms with E-state index in [-0.39, 0.29) is 0 Å². The molecular weight excluding hydrogens is 723 g/mol. The summed E-state index contributed by atoms with van der Waals surface area (Å²) < 4.78 is 22.6. The van der Waals surface area contributed by atoms with E-state index in [4.69, 9.17) is 13.9 Å². The Balaban J connectivity index is 1.05. The Bertz CT molecular complexity index is 3510. The standard InChI is InChI=1S/C55H33NO3/c1-2-14-36(15-3-1)56-45-22-8-4-16-39(45)53-37(18-12-23-46(53)56)34-28-30-43-51(32-34)58-48-25-10-6-20-41(48)55(43)42-21-7-11-26-49(42)59-52-33-35(29-31-44(52)55)38-19-13-27-50-54(38)40-17-5-9-24-47(40)57-50/h1-33H. The number of ether oxygens (including phenoxy) is 2. The number of hydrogen-bond donors (Lipinski definition) is 0. The molecule has 0 N–H and O–H groups in total. The first-order valence-corrected chi connectivity index (χ1v) is 20.1. The summed E-state index contributed by atoms with van der Waals surface area (Å²) in [5.74, 6) is 3.30. The predicted molar refractivity (Wildman–Crippen MR) is 237 cm³/mol. The van der Waals surface area contributed by atoms with Crippen molar-refractivity contribution in [3.05, 3.63) is 222 Å². The lowest BCUT2D eigenvalue weighted by molar-refractivity contribution is 0.399. The molecule has 1 unspecified atom stereocenters. The third-order valence-electron chi connectivity index (χ3n) is 12.5. The van der Waals surface area contributed by atoms with Crippen molar-refractivity contribution in [2.24, 2.45) is 0 Å². The molecule has 2 aliphatic rings. The number of fused-ring (bicyclic) bond motifs is 14. The van der Waals surface area contributed by atoms with Gasteiger partial charge in [0.2, 0.25) is 0 Å². The number of aromatic nitrogens is 1. The average Bonchev–Trinajstić information content (AvgIpc) is 3.85. The molecule has 0 fully saturated rings. The van der Waals surface area contributed by atoms with E-state index in [1.165, 1.54) is 16.3 Å². The molecule has 11 aromatic rings. The van der Waals surface area contributed by atoms with E-state index in [0.717, 1.165) is 101 Å². The Labute approximate surface area is 339 Å². The summed E-state index contributed by atoms with van der Waals surface area (Å²) in [4.78, 5) is 0. The van der Waals surface area contributed by atoms with Crippen molar-refractivity contribution in [1.82, 2.24) is 4.57 Å². The third kappa shape index (κ3) is 4.43. The fourth-order valence-electron chi connectivity index (χ4n) is 10.1. The van der Waals surface area contributed by atoms with Gasteiger partial charge in [0.25, 0.3) is 0 Å². The smallest absolute Gasteiger partial charge is 0.136 e. The second-order valence-corrected chi connectivity index (χ2v) is 15.5. The van der Waals surface area contributed by atoms with Crippen molar-refractivity contribution in [3.8, 4) is 50.9 Å². The number of rotatable bonds is 3. The molecule has 2 aromatic heterocycles. The summed E-state index contributed by atoms with van der Waals surface area (Å²) in [6.45, 7) is 0. The number of hydrogen-bond acceptors (Lipinski definition) is 3. The molecule has 1 spiro atoms. The molecular formula is C55H33NO3. The van der Waals surface area contributed by atoms with Gasteiger partial charge in [-0.2, -0.15) is 0 Å². The van der Waals surface area contributed by atoms with Gasteiger partial charge in [-0.3, -0.25) is 0 Å². The zero-order valence-electron chi connectivity index (χ0n) is 31.7. The highest BCUT2D eigenvalue weighted by Crippen LogP contribution is 2.62. The van der Waals surface area contributed by atoms with E-state index >= 15 is 0 Å². The normalized spacial score (nSPS) is 15.1. The summed E-state index contributed by atoms with van der Waals surface area (Å²) >= 11 is 0. The van der Waals surface area contributed by atoms with Gasteiger partial charge in [-0.25, -0.2) is 0 Å². The molecule has 59 heavy (non-hydrogen) atoms. The Morgan fingerprint density at radius 3 is 1.59 bits per heavy atom. The Morgan fingerprint density at radius 2 is 0.881 bits per heavy atom. The maximum absolute atomic E-state index is 6.99. The minimum Gasteiger partial charge on any atom is -0.457 e. The lowest BCUT2D eigenvalue weighted by Gasteiger charge is -2.45. The summed E-state index contributed by atoms with van der Waals surface area (Å²) in [5, 5.41) is 4.63. The molecule has 0 radical (unpaired) electrons. The molecule has 0 saturated heterocycles.